The van der Waals surface area contributed by atoms with Crippen LogP contribution in [0.5, 0.6) is 5.75 Å². The molecule has 1 atom stereocenters. The van der Waals surface area contributed by atoms with Crippen LogP contribution in [0.4, 0.5) is 15.0 Å². The fourth-order valence-electron chi connectivity index (χ4n) is 5.54. The predicted octanol–water partition coefficient (Wildman–Crippen LogP) is 5.13. The molecule has 1 fully saturated rings. The molecule has 0 saturated carbocycles. The molecule has 0 bridgehead atoms. The number of nitrogens with zero attached hydrogens (tertiary/aromatic N) is 6. The number of ketones is 1. The van der Waals surface area contributed by atoms with Gasteiger partial charge in [0.25, 0.3) is 0 Å². The summed E-state index contributed by atoms with van der Waals surface area (Å²) < 4.78 is 27.4. The van der Waals surface area contributed by atoms with Gasteiger partial charge < -0.3 is 24.4 Å². The highest BCUT2D eigenvalue weighted by Crippen LogP contribution is 2.39. The SMILES string of the molecule is COCOc1cccc(F)c1-c1nc2c(cc1Cl)c(N1CCN(C(=O)O)C[C@@H]1C)nc(=O)n2-c1c(C(C)=O)ccnc1C(C)C. The number of rotatable bonds is 8. The first-order valence-corrected chi connectivity index (χ1v) is 14.6. The van der Waals surface area contributed by atoms with Crippen molar-refractivity contribution in [2.45, 2.75) is 39.7 Å². The van der Waals surface area contributed by atoms with E-state index in [0.717, 1.165) is 0 Å². The molecule has 1 aliphatic rings. The number of fused-ring (bicyclic) bond motifs is 1. The molecule has 0 aliphatic carbocycles. The van der Waals surface area contributed by atoms with E-state index in [9.17, 15) is 19.5 Å². The number of aromatic nitrogens is 4. The second-order valence-corrected chi connectivity index (χ2v) is 11.4. The Bertz CT molecular complexity index is 1870. The molecule has 1 aromatic carbocycles. The molecule has 1 aliphatic heterocycles. The fourth-order valence-corrected chi connectivity index (χ4v) is 5.78. The molecular weight excluding hydrogens is 607 g/mol. The first-order chi connectivity index (χ1) is 21.4. The topological polar surface area (TPSA) is 140 Å². The Morgan fingerprint density at radius 3 is 2.60 bits per heavy atom. The van der Waals surface area contributed by atoms with Gasteiger partial charge >= 0.3 is 11.8 Å². The van der Waals surface area contributed by atoms with E-state index in [1.54, 1.807) is 12.1 Å². The van der Waals surface area contributed by atoms with Crippen molar-refractivity contribution in [1.29, 1.82) is 0 Å². The number of carbonyl (C=O) groups excluding carboxylic acids is 1. The lowest BCUT2D eigenvalue weighted by molar-refractivity contribution is 0.0513. The van der Waals surface area contributed by atoms with Crippen molar-refractivity contribution in [2.24, 2.45) is 0 Å². The van der Waals surface area contributed by atoms with Gasteiger partial charge in [-0.1, -0.05) is 31.5 Å². The number of carbonyl (C=O) groups is 2. The highest BCUT2D eigenvalue weighted by molar-refractivity contribution is 6.34. The van der Waals surface area contributed by atoms with Gasteiger partial charge in [-0.15, -0.1) is 0 Å². The summed E-state index contributed by atoms with van der Waals surface area (Å²) in [6.07, 6.45) is 0.456. The molecular formula is C31H32ClFN6O6. The Morgan fingerprint density at radius 2 is 1.96 bits per heavy atom. The standard InChI is InChI=1S/C31H32ClFN6O6/c1-16(2)25-27(19(18(4)40)9-10-34-25)39-29-20(28(36-30(39)41)38-12-11-37(31(42)43)14-17(38)3)13-21(32)26(35-29)24-22(33)7-6-8-23(24)45-15-44-5/h6-10,13,16-17H,11-12,14-15H2,1-5H3,(H,42,43)/t17-/m0/s1. The Morgan fingerprint density at radius 1 is 1.20 bits per heavy atom. The quantitative estimate of drug-likeness (QED) is 0.204. The van der Waals surface area contributed by atoms with Crippen molar-refractivity contribution in [3.8, 4) is 22.7 Å². The van der Waals surface area contributed by atoms with Gasteiger partial charge in [0.1, 0.15) is 17.4 Å². The average molecular weight is 639 g/mol. The molecule has 4 heterocycles. The van der Waals surface area contributed by atoms with Gasteiger partial charge in [-0.2, -0.15) is 4.98 Å². The minimum absolute atomic E-state index is 0.0122. The Hall–Kier alpha value is -4.62. The van der Waals surface area contributed by atoms with E-state index in [0.29, 0.717) is 11.1 Å². The maximum absolute atomic E-state index is 15.5. The molecule has 5 rings (SSSR count). The lowest BCUT2D eigenvalue weighted by Gasteiger charge is -2.39. The van der Waals surface area contributed by atoms with Crippen molar-refractivity contribution < 1.29 is 28.6 Å². The van der Waals surface area contributed by atoms with Gasteiger partial charge in [0.2, 0.25) is 0 Å². The number of methoxy groups -OCH3 is 1. The Labute approximate surface area is 263 Å². The number of ether oxygens (including phenoxy) is 2. The summed E-state index contributed by atoms with van der Waals surface area (Å²) in [6, 6.07) is 6.94. The summed E-state index contributed by atoms with van der Waals surface area (Å²) >= 11 is 6.83. The van der Waals surface area contributed by atoms with E-state index in [4.69, 9.17) is 26.1 Å². The number of amides is 1. The van der Waals surface area contributed by atoms with Crippen LogP contribution in [0, 0.1) is 5.82 Å². The van der Waals surface area contributed by atoms with Crippen LogP contribution in [-0.4, -0.2) is 81.0 Å². The lowest BCUT2D eigenvalue weighted by Crippen LogP contribution is -2.54. The zero-order valence-corrected chi connectivity index (χ0v) is 26.1. The molecule has 0 radical (unpaired) electrons. The van der Waals surface area contributed by atoms with Crippen LogP contribution < -0.4 is 15.3 Å². The lowest BCUT2D eigenvalue weighted by atomic mass is 10.0. The average Bonchev–Trinajstić information content (AvgIpc) is 2.99. The van der Waals surface area contributed by atoms with Gasteiger partial charge in [-0.25, -0.2) is 23.5 Å². The highest BCUT2D eigenvalue weighted by atomic mass is 35.5. The second-order valence-electron chi connectivity index (χ2n) is 11.0. The van der Waals surface area contributed by atoms with E-state index in [1.165, 1.54) is 47.9 Å². The Balaban J connectivity index is 1.88. The van der Waals surface area contributed by atoms with Crippen LogP contribution in [-0.2, 0) is 4.74 Å². The van der Waals surface area contributed by atoms with E-state index in [1.807, 2.05) is 25.7 Å². The summed E-state index contributed by atoms with van der Waals surface area (Å²) in [5.41, 5.74) is 0.124. The number of pyridine rings is 2. The first-order valence-electron chi connectivity index (χ1n) is 14.2. The van der Waals surface area contributed by atoms with Crippen LogP contribution in [0.15, 0.2) is 41.3 Å². The summed E-state index contributed by atoms with van der Waals surface area (Å²) in [6.45, 7) is 7.38. The number of hydrogen-bond acceptors (Lipinski definition) is 9. The Kier molecular flexibility index (Phi) is 9.03. The number of benzene rings is 1. The maximum atomic E-state index is 15.5. The van der Waals surface area contributed by atoms with Crippen LogP contribution in [0.25, 0.3) is 28.0 Å². The number of piperazine rings is 1. The number of hydrogen-bond donors (Lipinski definition) is 1. The van der Waals surface area contributed by atoms with Crippen LogP contribution in [0.3, 0.4) is 0 Å². The number of Topliss-reactive ketones (excluding diaryl/α,β-unsaturated/α-hetero) is 1. The molecule has 0 spiro atoms. The molecule has 12 nitrogen and oxygen atoms in total. The van der Waals surface area contributed by atoms with Gasteiger partial charge in [0.15, 0.2) is 18.2 Å². The number of anilines is 1. The molecule has 1 saturated heterocycles. The minimum atomic E-state index is -1.05. The maximum Gasteiger partial charge on any atom is 0.407 e. The molecule has 14 heteroatoms. The van der Waals surface area contributed by atoms with Gasteiger partial charge in [-0.3, -0.25) is 9.78 Å². The van der Waals surface area contributed by atoms with Crippen molar-refractivity contribution in [1.82, 2.24) is 24.4 Å². The molecule has 1 N–H and O–H groups in total. The summed E-state index contributed by atoms with van der Waals surface area (Å²) in [5.74, 6) is -0.852. The minimum Gasteiger partial charge on any atom is -0.467 e. The largest absolute Gasteiger partial charge is 0.467 e. The predicted molar refractivity (Wildman–Crippen MR) is 166 cm³/mol. The zero-order chi connectivity index (χ0) is 32.6. The van der Waals surface area contributed by atoms with Gasteiger partial charge in [0, 0.05) is 44.5 Å². The molecule has 3 aromatic heterocycles. The van der Waals surface area contributed by atoms with Crippen LogP contribution >= 0.6 is 11.6 Å². The molecule has 45 heavy (non-hydrogen) atoms. The number of halogens is 2. The summed E-state index contributed by atoms with van der Waals surface area (Å²) in [4.78, 5) is 55.5. The van der Waals surface area contributed by atoms with E-state index in [2.05, 4.69) is 9.97 Å². The van der Waals surface area contributed by atoms with Crippen molar-refractivity contribution in [2.75, 3.05) is 38.4 Å². The zero-order valence-electron chi connectivity index (χ0n) is 25.4. The second kappa shape index (κ2) is 12.8. The smallest absolute Gasteiger partial charge is 0.407 e. The molecule has 236 valence electrons. The first kappa shape index (κ1) is 31.8. The normalized spacial score (nSPS) is 15.2. The van der Waals surface area contributed by atoms with Crippen molar-refractivity contribution in [3.63, 3.8) is 0 Å². The third-order valence-electron chi connectivity index (χ3n) is 7.62. The summed E-state index contributed by atoms with van der Waals surface area (Å²) in [5, 5.41) is 9.91. The van der Waals surface area contributed by atoms with Crippen LogP contribution in [0.1, 0.15) is 49.7 Å². The third-order valence-corrected chi connectivity index (χ3v) is 7.91. The van der Waals surface area contributed by atoms with Gasteiger partial charge in [-0.05, 0) is 44.0 Å². The summed E-state index contributed by atoms with van der Waals surface area (Å²) in [7, 11) is 1.43. The van der Waals surface area contributed by atoms with Crippen molar-refractivity contribution >= 4 is 40.3 Å². The molecule has 1 amide bonds. The van der Waals surface area contributed by atoms with E-state index in [-0.39, 0.29) is 88.9 Å². The fraction of sp³-hybridized carbons (Fsp3) is 0.355. The monoisotopic (exact) mass is 638 g/mol. The highest BCUT2D eigenvalue weighted by Gasteiger charge is 2.32. The third kappa shape index (κ3) is 5.92. The van der Waals surface area contributed by atoms with E-state index >= 15 is 4.39 Å². The van der Waals surface area contributed by atoms with Gasteiger partial charge in [0.05, 0.1) is 33.0 Å². The van der Waals surface area contributed by atoms with Crippen molar-refractivity contribution in [3.05, 3.63) is 69.1 Å². The number of carboxylic acid groups (broad SMARTS) is 1. The molecule has 0 unspecified atom stereocenters. The van der Waals surface area contributed by atoms with E-state index < -0.39 is 17.6 Å². The van der Waals surface area contributed by atoms with Crippen LogP contribution in [0.2, 0.25) is 5.02 Å². The molecule has 4 aromatic rings.